The predicted molar refractivity (Wildman–Crippen MR) is 99.9 cm³/mol. The summed E-state index contributed by atoms with van der Waals surface area (Å²) in [5.74, 6) is -0.0466. The lowest BCUT2D eigenvalue weighted by Crippen LogP contribution is -2.15. The third kappa shape index (κ3) is 5.42. The molecule has 0 aromatic heterocycles. The van der Waals surface area contributed by atoms with E-state index in [9.17, 15) is 4.79 Å². The molecule has 0 aliphatic carbocycles. The van der Waals surface area contributed by atoms with Crippen molar-refractivity contribution in [3.05, 3.63) is 76.8 Å². The lowest BCUT2D eigenvalue weighted by atomic mass is 10.1. The van der Waals surface area contributed by atoms with Crippen molar-refractivity contribution in [2.24, 2.45) is 0 Å². The summed E-state index contributed by atoms with van der Waals surface area (Å²) in [6.45, 7) is 3.07. The Morgan fingerprint density at radius 2 is 1.43 bits per heavy atom. The van der Waals surface area contributed by atoms with Crippen LogP contribution < -0.4 is 4.90 Å². The molecule has 0 fully saturated rings. The van der Waals surface area contributed by atoms with E-state index in [4.69, 9.17) is 11.6 Å². The van der Waals surface area contributed by atoms with E-state index in [1.54, 1.807) is 30.4 Å². The molecule has 0 saturated heterocycles. The molecule has 0 aliphatic rings. The lowest BCUT2D eigenvalue weighted by Gasteiger charge is -2.16. The molecular formula is C20H20ClNO. The molecule has 0 bridgehead atoms. The fourth-order valence-corrected chi connectivity index (χ4v) is 2.13. The molecule has 0 heterocycles. The molecular weight excluding hydrogens is 306 g/mol. The van der Waals surface area contributed by atoms with E-state index in [0.29, 0.717) is 5.02 Å². The van der Waals surface area contributed by atoms with Gasteiger partial charge in [0.05, 0.1) is 0 Å². The molecule has 0 radical (unpaired) electrons. The zero-order valence-electron chi connectivity index (χ0n) is 13.4. The number of halogens is 1. The molecule has 118 valence electrons. The molecule has 0 N–H and O–H groups in total. The van der Waals surface area contributed by atoms with Crippen LogP contribution in [0.2, 0.25) is 5.02 Å². The van der Waals surface area contributed by atoms with E-state index in [-0.39, 0.29) is 5.78 Å². The molecule has 0 atom stereocenters. The van der Waals surface area contributed by atoms with Gasteiger partial charge in [-0.05, 0) is 54.5 Å². The maximum atomic E-state index is 11.9. The van der Waals surface area contributed by atoms with Gasteiger partial charge in [0, 0.05) is 24.3 Å². The Morgan fingerprint density at radius 1 is 0.957 bits per heavy atom. The van der Waals surface area contributed by atoms with Crippen LogP contribution in [0.25, 0.3) is 12.2 Å². The number of carbonyl (C=O) groups is 1. The second kappa shape index (κ2) is 8.35. The van der Waals surface area contributed by atoms with Gasteiger partial charge in [-0.25, -0.2) is 0 Å². The van der Waals surface area contributed by atoms with Crippen molar-refractivity contribution in [1.29, 1.82) is 0 Å². The SMILES string of the molecule is CCN(C)c1ccc(C=CC(=O)C=Cc2ccc(Cl)cc2)cc1. The number of rotatable bonds is 6. The molecule has 0 unspecified atom stereocenters. The smallest absolute Gasteiger partial charge is 0.178 e. The molecule has 0 amide bonds. The summed E-state index contributed by atoms with van der Waals surface area (Å²) in [5.41, 5.74) is 3.12. The van der Waals surface area contributed by atoms with Crippen LogP contribution in [0.1, 0.15) is 18.1 Å². The predicted octanol–water partition coefficient (Wildman–Crippen LogP) is 5.09. The van der Waals surface area contributed by atoms with Crippen molar-refractivity contribution in [3.63, 3.8) is 0 Å². The van der Waals surface area contributed by atoms with Crippen LogP contribution in [0.4, 0.5) is 5.69 Å². The van der Waals surface area contributed by atoms with E-state index >= 15 is 0 Å². The number of nitrogens with zero attached hydrogens (tertiary/aromatic N) is 1. The maximum Gasteiger partial charge on any atom is 0.178 e. The van der Waals surface area contributed by atoms with Gasteiger partial charge < -0.3 is 4.90 Å². The molecule has 2 aromatic carbocycles. The van der Waals surface area contributed by atoms with Crippen molar-refractivity contribution in [3.8, 4) is 0 Å². The van der Waals surface area contributed by atoms with Crippen LogP contribution in [0, 0.1) is 0 Å². The highest BCUT2D eigenvalue weighted by Gasteiger charge is 1.97. The second-order valence-electron chi connectivity index (χ2n) is 5.23. The van der Waals surface area contributed by atoms with Crippen LogP contribution >= 0.6 is 11.6 Å². The Morgan fingerprint density at radius 3 is 1.91 bits per heavy atom. The quantitative estimate of drug-likeness (QED) is 0.689. The highest BCUT2D eigenvalue weighted by molar-refractivity contribution is 6.30. The average Bonchev–Trinajstić information content (AvgIpc) is 2.59. The van der Waals surface area contributed by atoms with Crippen molar-refractivity contribution < 1.29 is 4.79 Å². The van der Waals surface area contributed by atoms with Gasteiger partial charge >= 0.3 is 0 Å². The highest BCUT2D eigenvalue weighted by Crippen LogP contribution is 2.14. The molecule has 23 heavy (non-hydrogen) atoms. The Kier molecular flexibility index (Phi) is 6.19. The minimum absolute atomic E-state index is 0.0466. The van der Waals surface area contributed by atoms with Crippen molar-refractivity contribution in [2.75, 3.05) is 18.5 Å². The molecule has 2 aromatic rings. The van der Waals surface area contributed by atoms with Gasteiger partial charge in [0.2, 0.25) is 0 Å². The Hall–Kier alpha value is -2.32. The number of anilines is 1. The topological polar surface area (TPSA) is 20.3 Å². The van der Waals surface area contributed by atoms with E-state index < -0.39 is 0 Å². The van der Waals surface area contributed by atoms with Gasteiger partial charge in [-0.3, -0.25) is 4.79 Å². The van der Waals surface area contributed by atoms with Crippen LogP contribution in [-0.2, 0) is 4.79 Å². The standard InChI is InChI=1S/C20H20ClNO/c1-3-22(2)19-12-6-17(7-13-19)9-15-20(23)14-8-16-4-10-18(21)11-5-16/h4-15H,3H2,1-2H3. The average molecular weight is 326 g/mol. The van der Waals surface area contributed by atoms with Crippen molar-refractivity contribution >= 4 is 35.2 Å². The van der Waals surface area contributed by atoms with E-state index in [1.807, 2.05) is 30.3 Å². The minimum Gasteiger partial charge on any atom is -0.375 e. The number of allylic oxidation sites excluding steroid dienone is 2. The van der Waals surface area contributed by atoms with Crippen molar-refractivity contribution in [2.45, 2.75) is 6.92 Å². The zero-order chi connectivity index (χ0) is 16.7. The summed E-state index contributed by atoms with van der Waals surface area (Å²) < 4.78 is 0. The fraction of sp³-hybridized carbons (Fsp3) is 0.150. The molecule has 0 spiro atoms. The van der Waals surface area contributed by atoms with Crippen LogP contribution in [0.15, 0.2) is 60.7 Å². The summed E-state index contributed by atoms with van der Waals surface area (Å²) in [5, 5.41) is 0.686. The Labute approximate surface area is 142 Å². The maximum absolute atomic E-state index is 11.9. The monoisotopic (exact) mass is 325 g/mol. The highest BCUT2D eigenvalue weighted by atomic mass is 35.5. The molecule has 0 aliphatic heterocycles. The lowest BCUT2D eigenvalue weighted by molar-refractivity contribution is -0.110. The first-order valence-electron chi connectivity index (χ1n) is 7.55. The molecule has 3 heteroatoms. The van der Waals surface area contributed by atoms with E-state index in [0.717, 1.165) is 17.7 Å². The largest absolute Gasteiger partial charge is 0.375 e. The molecule has 0 saturated carbocycles. The normalized spacial score (nSPS) is 11.3. The number of carbonyl (C=O) groups excluding carboxylic acids is 1. The number of benzene rings is 2. The third-order valence-electron chi connectivity index (χ3n) is 3.56. The Bertz CT molecular complexity index is 699. The fourth-order valence-electron chi connectivity index (χ4n) is 2.01. The van der Waals surface area contributed by atoms with Gasteiger partial charge in [0.1, 0.15) is 0 Å². The molecule has 2 rings (SSSR count). The summed E-state index contributed by atoms with van der Waals surface area (Å²) in [6.07, 6.45) is 6.73. The molecule has 2 nitrogen and oxygen atoms in total. The number of hydrogen-bond acceptors (Lipinski definition) is 2. The van der Waals surface area contributed by atoms with Gasteiger partial charge in [0.25, 0.3) is 0 Å². The Balaban J connectivity index is 1.96. The second-order valence-corrected chi connectivity index (χ2v) is 5.66. The van der Waals surface area contributed by atoms with Crippen LogP contribution in [-0.4, -0.2) is 19.4 Å². The van der Waals surface area contributed by atoms with Gasteiger partial charge in [0.15, 0.2) is 5.78 Å². The first-order valence-corrected chi connectivity index (χ1v) is 7.93. The third-order valence-corrected chi connectivity index (χ3v) is 3.81. The van der Waals surface area contributed by atoms with Gasteiger partial charge in [-0.15, -0.1) is 0 Å². The van der Waals surface area contributed by atoms with Gasteiger partial charge in [-0.1, -0.05) is 48.0 Å². The summed E-state index contributed by atoms with van der Waals surface area (Å²) in [6, 6.07) is 15.5. The first kappa shape index (κ1) is 17.0. The van der Waals surface area contributed by atoms with Crippen LogP contribution in [0.5, 0.6) is 0 Å². The van der Waals surface area contributed by atoms with Crippen LogP contribution in [0.3, 0.4) is 0 Å². The first-order chi connectivity index (χ1) is 11.1. The van der Waals surface area contributed by atoms with E-state index in [1.165, 1.54) is 5.69 Å². The zero-order valence-corrected chi connectivity index (χ0v) is 14.1. The summed E-state index contributed by atoms with van der Waals surface area (Å²) in [4.78, 5) is 14.0. The minimum atomic E-state index is -0.0466. The van der Waals surface area contributed by atoms with Gasteiger partial charge in [-0.2, -0.15) is 0 Å². The van der Waals surface area contributed by atoms with Crippen molar-refractivity contribution in [1.82, 2.24) is 0 Å². The number of ketones is 1. The summed E-state index contributed by atoms with van der Waals surface area (Å²) in [7, 11) is 2.05. The van der Waals surface area contributed by atoms with E-state index in [2.05, 4.69) is 31.0 Å². The number of hydrogen-bond donors (Lipinski definition) is 0. The summed E-state index contributed by atoms with van der Waals surface area (Å²) >= 11 is 5.83.